The van der Waals surface area contributed by atoms with Gasteiger partial charge in [0.2, 0.25) is 5.91 Å². The summed E-state index contributed by atoms with van der Waals surface area (Å²) in [5, 5.41) is 16.4. The Bertz CT molecular complexity index is 842. The number of aryl methyl sites for hydroxylation is 1. The molecule has 8 heteroatoms. The SMILES string of the molecule is CC(C)C1=NN(c2ccccc2)C(=O)[C@@H]1C(=O)N[C@@H](C)c1nncn1C. The Kier molecular flexibility index (Phi) is 4.83. The van der Waals surface area contributed by atoms with Crippen LogP contribution in [0.5, 0.6) is 0 Å². The Morgan fingerprint density at radius 1 is 1.19 bits per heavy atom. The predicted octanol–water partition coefficient (Wildman–Crippen LogP) is 1.67. The molecule has 1 aliphatic rings. The van der Waals surface area contributed by atoms with E-state index >= 15 is 0 Å². The van der Waals surface area contributed by atoms with Crippen molar-refractivity contribution in [2.24, 2.45) is 24.0 Å². The number of hydrogen-bond donors (Lipinski definition) is 1. The van der Waals surface area contributed by atoms with Gasteiger partial charge in [-0.05, 0) is 25.0 Å². The Morgan fingerprint density at radius 2 is 1.88 bits per heavy atom. The van der Waals surface area contributed by atoms with Gasteiger partial charge in [-0.1, -0.05) is 32.0 Å². The number of rotatable bonds is 5. The van der Waals surface area contributed by atoms with Crippen LogP contribution >= 0.6 is 0 Å². The molecule has 0 spiro atoms. The zero-order valence-corrected chi connectivity index (χ0v) is 15.2. The first-order valence-electron chi connectivity index (χ1n) is 8.51. The summed E-state index contributed by atoms with van der Waals surface area (Å²) in [5.41, 5.74) is 1.20. The second kappa shape index (κ2) is 7.07. The van der Waals surface area contributed by atoms with Gasteiger partial charge in [0.1, 0.15) is 6.33 Å². The van der Waals surface area contributed by atoms with Crippen LogP contribution in [-0.4, -0.2) is 32.3 Å². The van der Waals surface area contributed by atoms with Gasteiger partial charge in [-0.2, -0.15) is 10.1 Å². The van der Waals surface area contributed by atoms with Crippen LogP contribution in [0.3, 0.4) is 0 Å². The van der Waals surface area contributed by atoms with Crippen LogP contribution in [0.25, 0.3) is 0 Å². The van der Waals surface area contributed by atoms with E-state index in [1.165, 1.54) is 5.01 Å². The number of anilines is 1. The van der Waals surface area contributed by atoms with Gasteiger partial charge in [0.05, 0.1) is 17.4 Å². The predicted molar refractivity (Wildman–Crippen MR) is 97.3 cm³/mol. The molecule has 1 N–H and O–H groups in total. The molecule has 2 atom stereocenters. The maximum Gasteiger partial charge on any atom is 0.265 e. The molecule has 1 aliphatic heterocycles. The van der Waals surface area contributed by atoms with Crippen LogP contribution in [-0.2, 0) is 16.6 Å². The van der Waals surface area contributed by atoms with Gasteiger partial charge in [-0.15, -0.1) is 10.2 Å². The third-order valence-electron chi connectivity index (χ3n) is 4.31. The Labute approximate surface area is 151 Å². The van der Waals surface area contributed by atoms with Crippen LogP contribution in [0.15, 0.2) is 41.8 Å². The van der Waals surface area contributed by atoms with E-state index in [9.17, 15) is 9.59 Å². The summed E-state index contributed by atoms with van der Waals surface area (Å²) in [7, 11) is 1.80. The molecule has 0 bridgehead atoms. The van der Waals surface area contributed by atoms with Gasteiger partial charge in [0.15, 0.2) is 11.7 Å². The molecule has 0 aliphatic carbocycles. The second-order valence-electron chi connectivity index (χ2n) is 6.63. The van der Waals surface area contributed by atoms with E-state index in [2.05, 4.69) is 20.6 Å². The number of hydrazone groups is 1. The monoisotopic (exact) mass is 354 g/mol. The van der Waals surface area contributed by atoms with Crippen molar-refractivity contribution < 1.29 is 9.59 Å². The molecule has 8 nitrogen and oxygen atoms in total. The molecule has 2 amide bonds. The fourth-order valence-electron chi connectivity index (χ4n) is 2.97. The van der Waals surface area contributed by atoms with Crippen LogP contribution in [0.4, 0.5) is 5.69 Å². The highest BCUT2D eigenvalue weighted by atomic mass is 16.2. The molecule has 1 aromatic carbocycles. The number of hydrogen-bond acceptors (Lipinski definition) is 5. The largest absolute Gasteiger partial charge is 0.345 e. The van der Waals surface area contributed by atoms with Crippen LogP contribution in [0.1, 0.15) is 32.6 Å². The molecule has 2 aromatic rings. The average Bonchev–Trinajstić information content (AvgIpc) is 3.19. The van der Waals surface area contributed by atoms with Crippen LogP contribution in [0, 0.1) is 11.8 Å². The molecule has 0 fully saturated rings. The van der Waals surface area contributed by atoms with E-state index in [-0.39, 0.29) is 23.8 Å². The lowest BCUT2D eigenvalue weighted by Crippen LogP contribution is -2.42. The third kappa shape index (κ3) is 3.22. The summed E-state index contributed by atoms with van der Waals surface area (Å²) in [4.78, 5) is 25.8. The normalized spacial score (nSPS) is 18.2. The van der Waals surface area contributed by atoms with Gasteiger partial charge in [0.25, 0.3) is 5.91 Å². The zero-order valence-electron chi connectivity index (χ0n) is 15.2. The maximum absolute atomic E-state index is 12.9. The van der Waals surface area contributed by atoms with E-state index in [1.807, 2.05) is 39.0 Å². The van der Waals surface area contributed by atoms with Crippen molar-refractivity contribution in [3.8, 4) is 0 Å². The zero-order chi connectivity index (χ0) is 18.8. The Morgan fingerprint density at radius 3 is 2.46 bits per heavy atom. The fraction of sp³-hybridized carbons (Fsp3) is 0.389. The Hall–Kier alpha value is -3.03. The number of para-hydroxylation sites is 1. The second-order valence-corrected chi connectivity index (χ2v) is 6.63. The van der Waals surface area contributed by atoms with E-state index in [4.69, 9.17) is 0 Å². The molecule has 0 radical (unpaired) electrons. The van der Waals surface area contributed by atoms with Crippen molar-refractivity contribution in [2.45, 2.75) is 26.8 Å². The number of carbonyl (C=O) groups is 2. The first-order valence-corrected chi connectivity index (χ1v) is 8.51. The van der Waals surface area contributed by atoms with Crippen molar-refractivity contribution in [3.63, 3.8) is 0 Å². The number of carbonyl (C=O) groups excluding carboxylic acids is 2. The summed E-state index contributed by atoms with van der Waals surface area (Å²) in [5.74, 6) is -1.08. The smallest absolute Gasteiger partial charge is 0.265 e. The van der Waals surface area contributed by atoms with Crippen molar-refractivity contribution in [2.75, 3.05) is 5.01 Å². The summed E-state index contributed by atoms with van der Waals surface area (Å²) in [6.45, 7) is 5.66. The Balaban J connectivity index is 1.84. The molecule has 0 unspecified atom stereocenters. The fourth-order valence-corrected chi connectivity index (χ4v) is 2.97. The van der Waals surface area contributed by atoms with Gasteiger partial charge in [-0.25, -0.2) is 0 Å². The van der Waals surface area contributed by atoms with Gasteiger partial charge in [-0.3, -0.25) is 9.59 Å². The standard InChI is InChI=1S/C18H22N6O2/c1-11(2)15-14(17(25)20-12(3)16-21-19-10-23(16)4)18(26)24(22-15)13-8-6-5-7-9-13/h5-12,14H,1-4H3,(H,20,25)/t12-,14-/m0/s1. The lowest BCUT2D eigenvalue weighted by Gasteiger charge is -2.18. The number of aromatic nitrogens is 3. The molecule has 1 aromatic heterocycles. The molecule has 136 valence electrons. The maximum atomic E-state index is 12.9. The van der Waals surface area contributed by atoms with E-state index in [0.29, 0.717) is 17.2 Å². The summed E-state index contributed by atoms with van der Waals surface area (Å²) < 4.78 is 1.73. The minimum Gasteiger partial charge on any atom is -0.345 e. The summed E-state index contributed by atoms with van der Waals surface area (Å²) in [6, 6.07) is 8.74. The highest BCUT2D eigenvalue weighted by Crippen LogP contribution is 2.27. The van der Waals surface area contributed by atoms with E-state index < -0.39 is 5.92 Å². The third-order valence-corrected chi connectivity index (χ3v) is 4.31. The van der Waals surface area contributed by atoms with Gasteiger partial charge in [0, 0.05) is 7.05 Å². The minimum atomic E-state index is -0.939. The van der Waals surface area contributed by atoms with Crippen molar-refractivity contribution in [3.05, 3.63) is 42.5 Å². The van der Waals surface area contributed by atoms with E-state index in [0.717, 1.165) is 0 Å². The quantitative estimate of drug-likeness (QED) is 0.827. The van der Waals surface area contributed by atoms with Gasteiger partial charge >= 0.3 is 0 Å². The first-order chi connectivity index (χ1) is 12.4. The first kappa shape index (κ1) is 17.8. The molecule has 3 rings (SSSR count). The lowest BCUT2D eigenvalue weighted by molar-refractivity contribution is -0.130. The summed E-state index contributed by atoms with van der Waals surface area (Å²) >= 11 is 0. The molecular weight excluding hydrogens is 332 g/mol. The van der Waals surface area contributed by atoms with Gasteiger partial charge < -0.3 is 9.88 Å². The van der Waals surface area contributed by atoms with Crippen molar-refractivity contribution in [1.82, 2.24) is 20.1 Å². The molecule has 2 heterocycles. The van der Waals surface area contributed by atoms with E-state index in [1.54, 1.807) is 30.1 Å². The summed E-state index contributed by atoms with van der Waals surface area (Å²) in [6.07, 6.45) is 1.57. The average molecular weight is 354 g/mol. The molecular formula is C18H22N6O2. The topological polar surface area (TPSA) is 92.5 Å². The highest BCUT2D eigenvalue weighted by Gasteiger charge is 2.43. The molecule has 26 heavy (non-hydrogen) atoms. The van der Waals surface area contributed by atoms with Crippen LogP contribution < -0.4 is 10.3 Å². The highest BCUT2D eigenvalue weighted by molar-refractivity contribution is 6.27. The number of benzene rings is 1. The number of nitrogens with one attached hydrogen (secondary N) is 1. The van der Waals surface area contributed by atoms with Crippen molar-refractivity contribution >= 4 is 23.2 Å². The van der Waals surface area contributed by atoms with Crippen LogP contribution in [0.2, 0.25) is 0 Å². The van der Waals surface area contributed by atoms with Crippen molar-refractivity contribution in [1.29, 1.82) is 0 Å². The molecule has 0 saturated carbocycles. The minimum absolute atomic E-state index is 0.0338. The number of nitrogens with zero attached hydrogens (tertiary/aromatic N) is 5. The molecule has 0 saturated heterocycles. The number of amides is 2. The lowest BCUT2D eigenvalue weighted by atomic mass is 9.93.